The maximum Gasteiger partial charge on any atom is 0.404 e. The molecular weight excluding hydrogens is 278 g/mol. The Morgan fingerprint density at radius 3 is 2.43 bits per heavy atom. The van der Waals surface area contributed by atoms with E-state index in [9.17, 15) is 14.4 Å². The van der Waals surface area contributed by atoms with E-state index in [1.54, 1.807) is 24.3 Å². The Balaban J connectivity index is 2.32. The molecule has 5 N–H and O–H groups in total. The van der Waals surface area contributed by atoms with Crippen LogP contribution in [-0.4, -0.2) is 36.4 Å². The van der Waals surface area contributed by atoms with Gasteiger partial charge < -0.3 is 26.2 Å². The zero-order valence-electron chi connectivity index (χ0n) is 11.3. The molecule has 0 radical (unpaired) electrons. The highest BCUT2D eigenvalue weighted by atomic mass is 16.5. The summed E-state index contributed by atoms with van der Waals surface area (Å²) in [6.45, 7) is 0.141. The van der Waals surface area contributed by atoms with E-state index in [1.807, 2.05) is 0 Å². The van der Waals surface area contributed by atoms with E-state index in [2.05, 4.69) is 15.4 Å². The molecule has 1 aromatic carbocycles. The maximum absolute atomic E-state index is 11.5. The molecule has 114 valence electrons. The number of rotatable bonds is 7. The highest BCUT2D eigenvalue weighted by Gasteiger charge is 2.03. The number of primary amides is 1. The number of ether oxygens (including phenoxy) is 1. The second kappa shape index (κ2) is 8.41. The zero-order valence-corrected chi connectivity index (χ0v) is 11.3. The molecule has 0 aliphatic carbocycles. The van der Waals surface area contributed by atoms with Gasteiger partial charge >= 0.3 is 18.1 Å². The lowest BCUT2D eigenvalue weighted by Gasteiger charge is -2.08. The number of carboxylic acid groups (broad SMARTS) is 1. The third-order valence-electron chi connectivity index (χ3n) is 2.47. The predicted molar refractivity (Wildman–Crippen MR) is 75.0 cm³/mol. The Hall–Kier alpha value is -2.77. The molecule has 0 aliphatic heterocycles. The fourth-order valence-electron chi connectivity index (χ4n) is 1.50. The van der Waals surface area contributed by atoms with Crippen molar-refractivity contribution in [2.45, 2.75) is 12.8 Å². The summed E-state index contributed by atoms with van der Waals surface area (Å²) >= 11 is 0. The third kappa shape index (κ3) is 7.41. The van der Waals surface area contributed by atoms with Crippen LogP contribution in [0.15, 0.2) is 24.3 Å². The number of carbonyl (C=O) groups is 3. The average molecular weight is 295 g/mol. The van der Waals surface area contributed by atoms with Gasteiger partial charge in [-0.2, -0.15) is 0 Å². The Morgan fingerprint density at radius 2 is 1.86 bits per heavy atom. The SMILES string of the molecule is NC(=O)OCCNC(=O)Nc1ccc(CCC(=O)O)cc1. The van der Waals surface area contributed by atoms with E-state index in [4.69, 9.17) is 10.8 Å². The number of amides is 3. The summed E-state index contributed by atoms with van der Waals surface area (Å²) in [5, 5.41) is 13.6. The van der Waals surface area contributed by atoms with Crippen LogP contribution >= 0.6 is 0 Å². The molecule has 1 aromatic rings. The molecule has 0 spiro atoms. The van der Waals surface area contributed by atoms with Gasteiger partial charge in [-0.25, -0.2) is 9.59 Å². The first-order valence-electron chi connectivity index (χ1n) is 6.25. The number of nitrogens with one attached hydrogen (secondary N) is 2. The summed E-state index contributed by atoms with van der Waals surface area (Å²) in [6, 6.07) is 6.40. The van der Waals surface area contributed by atoms with Crippen molar-refractivity contribution in [3.8, 4) is 0 Å². The number of benzene rings is 1. The number of aliphatic carboxylic acids is 1. The number of hydrogen-bond acceptors (Lipinski definition) is 4. The van der Waals surface area contributed by atoms with Crippen LogP contribution in [0.2, 0.25) is 0 Å². The second-order valence-electron chi connectivity index (χ2n) is 4.14. The number of nitrogens with two attached hydrogens (primary N) is 1. The monoisotopic (exact) mass is 295 g/mol. The number of carboxylic acids is 1. The zero-order chi connectivity index (χ0) is 15.7. The Bertz CT molecular complexity index is 501. The predicted octanol–water partition coefficient (Wildman–Crippen LogP) is 0.921. The molecule has 0 bridgehead atoms. The van der Waals surface area contributed by atoms with Crippen LogP contribution < -0.4 is 16.4 Å². The molecule has 0 saturated carbocycles. The molecule has 0 heterocycles. The number of hydrogen-bond donors (Lipinski definition) is 4. The first kappa shape index (κ1) is 16.3. The highest BCUT2D eigenvalue weighted by molar-refractivity contribution is 5.89. The van der Waals surface area contributed by atoms with Crippen LogP contribution in [-0.2, 0) is 16.0 Å². The summed E-state index contributed by atoms with van der Waals surface area (Å²) in [5.41, 5.74) is 6.21. The van der Waals surface area contributed by atoms with E-state index >= 15 is 0 Å². The fraction of sp³-hybridized carbons (Fsp3) is 0.308. The fourth-order valence-corrected chi connectivity index (χ4v) is 1.50. The largest absolute Gasteiger partial charge is 0.481 e. The minimum atomic E-state index is -0.894. The van der Waals surface area contributed by atoms with Gasteiger partial charge in [0.05, 0.1) is 6.54 Å². The number of urea groups is 1. The number of aryl methyl sites for hydroxylation is 1. The van der Waals surface area contributed by atoms with Crippen molar-refractivity contribution >= 4 is 23.8 Å². The first-order chi connectivity index (χ1) is 9.97. The van der Waals surface area contributed by atoms with Gasteiger partial charge in [0, 0.05) is 12.1 Å². The summed E-state index contributed by atoms with van der Waals surface area (Å²) in [5.74, 6) is -0.852. The van der Waals surface area contributed by atoms with Crippen LogP contribution in [0, 0.1) is 0 Å². The van der Waals surface area contributed by atoms with Crippen molar-refractivity contribution in [3.63, 3.8) is 0 Å². The molecule has 0 aliphatic rings. The minimum absolute atomic E-state index is 0.00310. The minimum Gasteiger partial charge on any atom is -0.481 e. The molecule has 0 aromatic heterocycles. The summed E-state index contributed by atoms with van der Waals surface area (Å²) in [4.78, 5) is 32.2. The van der Waals surface area contributed by atoms with Gasteiger partial charge in [-0.05, 0) is 24.1 Å². The topological polar surface area (TPSA) is 131 Å². The van der Waals surface area contributed by atoms with Crippen molar-refractivity contribution in [1.82, 2.24) is 5.32 Å². The van der Waals surface area contributed by atoms with Crippen LogP contribution in [0.3, 0.4) is 0 Å². The maximum atomic E-state index is 11.5. The van der Waals surface area contributed by atoms with E-state index in [0.717, 1.165) is 5.56 Å². The first-order valence-corrected chi connectivity index (χ1v) is 6.25. The highest BCUT2D eigenvalue weighted by Crippen LogP contribution is 2.10. The normalized spacial score (nSPS) is 9.71. The van der Waals surface area contributed by atoms with Crippen LogP contribution in [0.5, 0.6) is 0 Å². The van der Waals surface area contributed by atoms with E-state index < -0.39 is 18.1 Å². The number of carbonyl (C=O) groups excluding carboxylic acids is 2. The van der Waals surface area contributed by atoms with E-state index in [0.29, 0.717) is 12.1 Å². The molecular formula is C13H17N3O5. The molecule has 8 heteroatoms. The van der Waals surface area contributed by atoms with Crippen molar-refractivity contribution in [2.24, 2.45) is 5.73 Å². The smallest absolute Gasteiger partial charge is 0.404 e. The Labute approximate surface area is 121 Å². The van der Waals surface area contributed by atoms with Crippen LogP contribution in [0.1, 0.15) is 12.0 Å². The van der Waals surface area contributed by atoms with Gasteiger partial charge in [-0.3, -0.25) is 4.79 Å². The summed E-state index contributed by atoms with van der Waals surface area (Å²) in [7, 11) is 0. The lowest BCUT2D eigenvalue weighted by Crippen LogP contribution is -2.32. The van der Waals surface area contributed by atoms with Gasteiger partial charge in [0.2, 0.25) is 0 Å². The third-order valence-corrected chi connectivity index (χ3v) is 2.47. The van der Waals surface area contributed by atoms with Gasteiger partial charge in [0.1, 0.15) is 6.61 Å². The van der Waals surface area contributed by atoms with E-state index in [1.165, 1.54) is 0 Å². The molecule has 8 nitrogen and oxygen atoms in total. The Kier molecular flexibility index (Phi) is 6.52. The lowest BCUT2D eigenvalue weighted by molar-refractivity contribution is -0.136. The van der Waals surface area contributed by atoms with Gasteiger partial charge in [-0.15, -0.1) is 0 Å². The van der Waals surface area contributed by atoms with Crippen molar-refractivity contribution in [3.05, 3.63) is 29.8 Å². The van der Waals surface area contributed by atoms with Gasteiger partial charge in [0.25, 0.3) is 0 Å². The van der Waals surface area contributed by atoms with Crippen LogP contribution in [0.25, 0.3) is 0 Å². The van der Waals surface area contributed by atoms with Crippen molar-refractivity contribution in [1.29, 1.82) is 0 Å². The molecule has 21 heavy (non-hydrogen) atoms. The molecule has 0 unspecified atom stereocenters. The molecule has 0 saturated heterocycles. The van der Waals surface area contributed by atoms with Gasteiger partial charge in [0.15, 0.2) is 0 Å². The Morgan fingerprint density at radius 1 is 1.19 bits per heavy atom. The molecule has 3 amide bonds. The van der Waals surface area contributed by atoms with Gasteiger partial charge in [-0.1, -0.05) is 12.1 Å². The second-order valence-corrected chi connectivity index (χ2v) is 4.14. The van der Waals surface area contributed by atoms with E-state index in [-0.39, 0.29) is 19.6 Å². The summed E-state index contributed by atoms with van der Waals surface area (Å²) < 4.78 is 4.45. The van der Waals surface area contributed by atoms with Crippen molar-refractivity contribution < 1.29 is 24.2 Å². The standard InChI is InChI=1S/C13H17N3O5/c14-12(19)21-8-7-15-13(20)16-10-4-1-9(2-5-10)3-6-11(17)18/h1-2,4-5H,3,6-8H2,(H2,14,19)(H,17,18)(H2,15,16,20). The molecule has 0 atom stereocenters. The van der Waals surface area contributed by atoms with Crippen LogP contribution in [0.4, 0.5) is 15.3 Å². The lowest BCUT2D eigenvalue weighted by atomic mass is 10.1. The average Bonchev–Trinajstić information content (AvgIpc) is 2.42. The van der Waals surface area contributed by atoms with Crippen molar-refractivity contribution in [2.75, 3.05) is 18.5 Å². The molecule has 1 rings (SSSR count). The molecule has 0 fully saturated rings. The number of anilines is 1. The summed E-state index contributed by atoms with van der Waals surface area (Å²) in [6.07, 6.45) is -0.395. The quantitative estimate of drug-likeness (QED) is 0.555.